The Morgan fingerprint density at radius 2 is 1.54 bits per heavy atom. The third kappa shape index (κ3) is 2.89. The Bertz CT molecular complexity index is 1010. The molecule has 0 saturated carbocycles. The van der Waals surface area contributed by atoms with E-state index in [4.69, 9.17) is 0 Å². The van der Waals surface area contributed by atoms with Crippen molar-refractivity contribution >= 4 is 23.1 Å². The van der Waals surface area contributed by atoms with Crippen molar-refractivity contribution in [3.63, 3.8) is 0 Å². The number of fused-ring (bicyclic) bond motifs is 1. The smallest absolute Gasteiger partial charge is 0.0470 e. The summed E-state index contributed by atoms with van der Waals surface area (Å²) in [4.78, 5) is 3.54. The average molecular weight is 309 g/mol. The summed E-state index contributed by atoms with van der Waals surface area (Å²) >= 11 is 0. The molecule has 1 aromatic heterocycles. The average Bonchev–Trinajstić information content (AvgIpc) is 3.04. The van der Waals surface area contributed by atoms with E-state index in [-0.39, 0.29) is 0 Å². The molecular weight excluding hydrogens is 290 g/mol. The third-order valence-electron chi connectivity index (χ3n) is 4.28. The van der Waals surface area contributed by atoms with Gasteiger partial charge in [0.05, 0.1) is 0 Å². The second-order valence-electron chi connectivity index (χ2n) is 6.10. The number of hydrogen-bond acceptors (Lipinski definition) is 0. The molecule has 4 rings (SSSR count). The van der Waals surface area contributed by atoms with Crippen LogP contribution in [0.2, 0.25) is 0 Å². The van der Waals surface area contributed by atoms with Gasteiger partial charge in [-0.05, 0) is 36.2 Å². The normalized spacial score (nSPS) is 11.4. The molecule has 0 atom stereocenters. The minimum absolute atomic E-state index is 1.16. The van der Waals surface area contributed by atoms with E-state index in [0.29, 0.717) is 0 Å². The van der Waals surface area contributed by atoms with E-state index in [1.165, 1.54) is 33.2 Å². The van der Waals surface area contributed by atoms with Gasteiger partial charge in [0.1, 0.15) is 0 Å². The van der Waals surface area contributed by atoms with Crippen LogP contribution in [0.15, 0.2) is 78.9 Å². The summed E-state index contributed by atoms with van der Waals surface area (Å²) in [5.74, 6) is 0. The van der Waals surface area contributed by atoms with Gasteiger partial charge in [-0.3, -0.25) is 0 Å². The van der Waals surface area contributed by atoms with Crippen molar-refractivity contribution in [2.24, 2.45) is 0 Å². The number of aromatic amines is 1. The second kappa shape index (κ2) is 6.21. The molecule has 1 heteroatoms. The van der Waals surface area contributed by atoms with Gasteiger partial charge in [-0.15, -0.1) is 0 Å². The largest absolute Gasteiger partial charge is 0.355 e. The Balaban J connectivity index is 1.76. The fraction of sp³-hybridized carbons (Fsp3) is 0.0435. The highest BCUT2D eigenvalue weighted by Gasteiger charge is 2.06. The van der Waals surface area contributed by atoms with E-state index in [2.05, 4.69) is 96.9 Å². The summed E-state index contributed by atoms with van der Waals surface area (Å²) in [6.07, 6.45) is 4.34. The molecule has 0 bridgehead atoms. The van der Waals surface area contributed by atoms with Gasteiger partial charge in [0.15, 0.2) is 0 Å². The molecule has 0 unspecified atom stereocenters. The molecule has 0 radical (unpaired) electrons. The Hall–Kier alpha value is -3.06. The molecule has 0 spiro atoms. The predicted molar refractivity (Wildman–Crippen MR) is 104 cm³/mol. The first-order valence-corrected chi connectivity index (χ1v) is 8.21. The van der Waals surface area contributed by atoms with E-state index in [1.54, 1.807) is 0 Å². The minimum atomic E-state index is 1.16. The first-order valence-electron chi connectivity index (χ1n) is 8.21. The first-order chi connectivity index (χ1) is 11.8. The molecule has 1 heterocycles. The standard InChI is InChI=1S/C23H19N/c1-17-11-14-22-20(15-17)16-23(24-22)21-10-6-5-9-19(21)13-12-18-7-3-2-4-8-18/h2-16,24H,1H3. The van der Waals surface area contributed by atoms with Crippen LogP contribution in [0.5, 0.6) is 0 Å². The number of aryl methyl sites for hydroxylation is 1. The van der Waals surface area contributed by atoms with Crippen molar-refractivity contribution in [3.05, 3.63) is 95.6 Å². The first kappa shape index (κ1) is 14.5. The van der Waals surface area contributed by atoms with E-state index in [0.717, 1.165) is 5.69 Å². The maximum Gasteiger partial charge on any atom is 0.0470 e. The Morgan fingerprint density at radius 3 is 2.42 bits per heavy atom. The summed E-state index contributed by atoms with van der Waals surface area (Å²) < 4.78 is 0. The molecule has 0 amide bonds. The molecule has 24 heavy (non-hydrogen) atoms. The van der Waals surface area contributed by atoms with Crippen molar-refractivity contribution < 1.29 is 0 Å². The third-order valence-corrected chi connectivity index (χ3v) is 4.28. The Labute approximate surface area is 142 Å². The zero-order chi connectivity index (χ0) is 16.4. The molecular formula is C23H19N. The van der Waals surface area contributed by atoms with E-state index in [1.807, 2.05) is 6.07 Å². The number of hydrogen-bond donors (Lipinski definition) is 1. The molecule has 116 valence electrons. The maximum atomic E-state index is 3.54. The summed E-state index contributed by atoms with van der Waals surface area (Å²) in [5, 5.41) is 1.26. The molecule has 3 aromatic carbocycles. The van der Waals surface area contributed by atoms with Crippen molar-refractivity contribution in [2.45, 2.75) is 6.92 Å². The monoisotopic (exact) mass is 309 g/mol. The molecule has 4 aromatic rings. The quantitative estimate of drug-likeness (QED) is 0.427. The molecule has 0 aliphatic carbocycles. The van der Waals surface area contributed by atoms with Crippen molar-refractivity contribution in [2.75, 3.05) is 0 Å². The van der Waals surface area contributed by atoms with Crippen LogP contribution in [-0.4, -0.2) is 4.98 Å². The molecule has 0 saturated heterocycles. The summed E-state index contributed by atoms with van der Waals surface area (Å²) in [7, 11) is 0. The lowest BCUT2D eigenvalue weighted by Gasteiger charge is -2.03. The van der Waals surface area contributed by atoms with Crippen LogP contribution in [0.1, 0.15) is 16.7 Å². The van der Waals surface area contributed by atoms with Crippen LogP contribution in [-0.2, 0) is 0 Å². The highest BCUT2D eigenvalue weighted by atomic mass is 14.7. The maximum absolute atomic E-state index is 3.54. The highest BCUT2D eigenvalue weighted by Crippen LogP contribution is 2.28. The van der Waals surface area contributed by atoms with Gasteiger partial charge in [0, 0.05) is 22.2 Å². The van der Waals surface area contributed by atoms with E-state index >= 15 is 0 Å². The lowest BCUT2D eigenvalue weighted by Crippen LogP contribution is -1.82. The number of benzene rings is 3. The molecule has 0 fully saturated rings. The van der Waals surface area contributed by atoms with Gasteiger partial charge in [-0.1, -0.05) is 78.4 Å². The van der Waals surface area contributed by atoms with Gasteiger partial charge in [0.2, 0.25) is 0 Å². The minimum Gasteiger partial charge on any atom is -0.355 e. The van der Waals surface area contributed by atoms with Crippen LogP contribution in [0.4, 0.5) is 0 Å². The fourth-order valence-corrected chi connectivity index (χ4v) is 3.03. The van der Waals surface area contributed by atoms with Crippen LogP contribution in [0.3, 0.4) is 0 Å². The zero-order valence-corrected chi connectivity index (χ0v) is 13.7. The lowest BCUT2D eigenvalue weighted by atomic mass is 10.0. The Kier molecular flexibility index (Phi) is 3.76. The lowest BCUT2D eigenvalue weighted by molar-refractivity contribution is 1.44. The van der Waals surface area contributed by atoms with Crippen LogP contribution < -0.4 is 0 Å². The van der Waals surface area contributed by atoms with Gasteiger partial charge in [-0.2, -0.15) is 0 Å². The van der Waals surface area contributed by atoms with Crippen molar-refractivity contribution in [1.82, 2.24) is 4.98 Å². The van der Waals surface area contributed by atoms with E-state index in [9.17, 15) is 0 Å². The van der Waals surface area contributed by atoms with Gasteiger partial charge >= 0.3 is 0 Å². The van der Waals surface area contributed by atoms with Gasteiger partial charge in [0.25, 0.3) is 0 Å². The Morgan fingerprint density at radius 1 is 0.750 bits per heavy atom. The SMILES string of the molecule is Cc1ccc2[nH]c(-c3ccccc3C=Cc3ccccc3)cc2c1. The van der Waals surface area contributed by atoms with E-state index < -0.39 is 0 Å². The summed E-state index contributed by atoms with van der Waals surface area (Å²) in [6, 6.07) is 27.6. The summed E-state index contributed by atoms with van der Waals surface area (Å²) in [6.45, 7) is 2.13. The summed E-state index contributed by atoms with van der Waals surface area (Å²) in [5.41, 5.74) is 7.26. The zero-order valence-electron chi connectivity index (χ0n) is 13.7. The van der Waals surface area contributed by atoms with Gasteiger partial charge in [-0.25, -0.2) is 0 Å². The van der Waals surface area contributed by atoms with Crippen molar-refractivity contribution in [3.8, 4) is 11.3 Å². The number of aromatic nitrogens is 1. The molecule has 0 aliphatic rings. The second-order valence-corrected chi connectivity index (χ2v) is 6.10. The van der Waals surface area contributed by atoms with Crippen LogP contribution in [0.25, 0.3) is 34.3 Å². The van der Waals surface area contributed by atoms with Crippen molar-refractivity contribution in [1.29, 1.82) is 0 Å². The van der Waals surface area contributed by atoms with Crippen LogP contribution >= 0.6 is 0 Å². The number of nitrogens with one attached hydrogen (secondary N) is 1. The topological polar surface area (TPSA) is 15.8 Å². The van der Waals surface area contributed by atoms with Crippen LogP contribution in [0, 0.1) is 6.92 Å². The fourth-order valence-electron chi connectivity index (χ4n) is 3.03. The van der Waals surface area contributed by atoms with Gasteiger partial charge < -0.3 is 4.98 Å². The number of rotatable bonds is 3. The molecule has 1 nitrogen and oxygen atoms in total. The molecule has 0 aliphatic heterocycles. The number of H-pyrrole nitrogens is 1. The molecule has 1 N–H and O–H groups in total. The predicted octanol–water partition coefficient (Wildman–Crippen LogP) is 6.31. The highest BCUT2D eigenvalue weighted by molar-refractivity contribution is 5.89.